The van der Waals surface area contributed by atoms with E-state index in [0.717, 1.165) is 11.5 Å². The van der Waals surface area contributed by atoms with Gasteiger partial charge in [0.2, 0.25) is 0 Å². The van der Waals surface area contributed by atoms with E-state index in [9.17, 15) is 13.2 Å². The van der Waals surface area contributed by atoms with Crippen LogP contribution in [0.2, 0.25) is 0 Å². The predicted molar refractivity (Wildman–Crippen MR) is 69.9 cm³/mol. The monoisotopic (exact) mass is 277 g/mol. The second-order valence-electron chi connectivity index (χ2n) is 4.35. The lowest BCUT2D eigenvalue weighted by molar-refractivity contribution is 0.496. The molecule has 0 fully saturated rings. The number of fused-ring (bicyclic) bond motifs is 1. The Hall–Kier alpha value is -2.43. The second-order valence-corrected chi connectivity index (χ2v) is 4.35. The highest BCUT2D eigenvalue weighted by atomic mass is 19.2. The smallest absolute Gasteiger partial charge is 0.182 e. The molecule has 0 amide bonds. The lowest BCUT2D eigenvalue weighted by atomic mass is 10.2. The van der Waals surface area contributed by atoms with Gasteiger partial charge < -0.3 is 9.73 Å². The molecule has 1 heterocycles. The van der Waals surface area contributed by atoms with E-state index in [0.29, 0.717) is 17.4 Å². The maximum atomic E-state index is 13.5. The van der Waals surface area contributed by atoms with Crippen molar-refractivity contribution in [1.29, 1.82) is 0 Å². The second kappa shape index (κ2) is 4.92. The summed E-state index contributed by atoms with van der Waals surface area (Å²) in [6.07, 6.45) is 0. The van der Waals surface area contributed by atoms with Gasteiger partial charge in [0.1, 0.15) is 17.2 Å². The molecule has 0 bridgehead atoms. The third-order valence-corrected chi connectivity index (χ3v) is 2.92. The molecule has 0 saturated carbocycles. The lowest BCUT2D eigenvalue weighted by Crippen LogP contribution is -2.02. The fourth-order valence-corrected chi connectivity index (χ4v) is 1.99. The predicted octanol–water partition coefficient (Wildman–Crippen LogP) is 4.46. The Labute approximate surface area is 112 Å². The van der Waals surface area contributed by atoms with Crippen LogP contribution in [0.1, 0.15) is 5.76 Å². The zero-order chi connectivity index (χ0) is 14.1. The van der Waals surface area contributed by atoms with Crippen LogP contribution in [0.5, 0.6) is 0 Å². The number of hydrogen-bond donors (Lipinski definition) is 1. The number of furan rings is 1. The summed E-state index contributed by atoms with van der Waals surface area (Å²) >= 11 is 0. The van der Waals surface area contributed by atoms with Crippen LogP contribution in [0, 0.1) is 17.5 Å². The fraction of sp³-hybridized carbons (Fsp3) is 0.0667. The minimum absolute atomic E-state index is 0.133. The minimum atomic E-state index is -1.22. The molecule has 0 saturated heterocycles. The molecule has 1 aromatic heterocycles. The van der Waals surface area contributed by atoms with Crippen LogP contribution >= 0.6 is 0 Å². The average molecular weight is 277 g/mol. The van der Waals surface area contributed by atoms with E-state index in [1.54, 1.807) is 12.1 Å². The van der Waals surface area contributed by atoms with Crippen LogP contribution in [0.4, 0.5) is 18.9 Å². The average Bonchev–Trinajstić information content (AvgIpc) is 2.84. The van der Waals surface area contributed by atoms with E-state index in [2.05, 4.69) is 5.32 Å². The largest absolute Gasteiger partial charge is 0.459 e. The van der Waals surface area contributed by atoms with Gasteiger partial charge in [0.25, 0.3) is 0 Å². The highest BCUT2D eigenvalue weighted by Gasteiger charge is 2.11. The van der Waals surface area contributed by atoms with E-state index >= 15 is 0 Å². The van der Waals surface area contributed by atoms with Gasteiger partial charge in [-0.15, -0.1) is 0 Å². The third-order valence-electron chi connectivity index (χ3n) is 2.92. The standard InChI is InChI=1S/C15H10F3NO/c16-10-6-12(17)15(18)13(7-10)19-8-11-5-9-3-1-2-4-14(9)20-11/h1-7,19H,8H2. The Balaban J connectivity index is 1.82. The number of rotatable bonds is 3. The molecular weight excluding hydrogens is 267 g/mol. The van der Waals surface area contributed by atoms with Crippen LogP contribution < -0.4 is 5.32 Å². The Kier molecular flexibility index (Phi) is 3.10. The quantitative estimate of drug-likeness (QED) is 0.715. The van der Waals surface area contributed by atoms with E-state index in [-0.39, 0.29) is 12.2 Å². The molecule has 0 radical (unpaired) electrons. The number of nitrogens with one attached hydrogen (secondary N) is 1. The van der Waals surface area contributed by atoms with Gasteiger partial charge in [0, 0.05) is 17.5 Å². The highest BCUT2D eigenvalue weighted by molar-refractivity contribution is 5.77. The molecular formula is C15H10F3NO. The molecule has 0 atom stereocenters. The van der Waals surface area contributed by atoms with E-state index in [1.165, 1.54) is 0 Å². The van der Waals surface area contributed by atoms with Crippen molar-refractivity contribution in [1.82, 2.24) is 0 Å². The molecule has 0 spiro atoms. The number of halogens is 3. The van der Waals surface area contributed by atoms with E-state index in [1.807, 2.05) is 18.2 Å². The number of anilines is 1. The first-order valence-electron chi connectivity index (χ1n) is 5.99. The Morgan fingerprint density at radius 2 is 1.80 bits per heavy atom. The minimum Gasteiger partial charge on any atom is -0.459 e. The van der Waals surface area contributed by atoms with Gasteiger partial charge in [0.05, 0.1) is 12.2 Å². The first-order valence-corrected chi connectivity index (χ1v) is 5.99. The maximum Gasteiger partial charge on any atom is 0.182 e. The van der Waals surface area contributed by atoms with E-state index in [4.69, 9.17) is 4.42 Å². The van der Waals surface area contributed by atoms with Crippen molar-refractivity contribution in [3.63, 3.8) is 0 Å². The molecule has 5 heteroatoms. The van der Waals surface area contributed by atoms with Crippen LogP contribution in [-0.4, -0.2) is 0 Å². The molecule has 102 valence electrons. The summed E-state index contributed by atoms with van der Waals surface area (Å²) in [5.74, 6) is -2.62. The van der Waals surface area contributed by atoms with Crippen molar-refractivity contribution < 1.29 is 17.6 Å². The summed E-state index contributed by atoms with van der Waals surface area (Å²) in [4.78, 5) is 0. The molecule has 1 N–H and O–H groups in total. The number of hydrogen-bond acceptors (Lipinski definition) is 2. The van der Waals surface area contributed by atoms with Crippen molar-refractivity contribution in [2.75, 3.05) is 5.32 Å². The van der Waals surface area contributed by atoms with Crippen molar-refractivity contribution in [3.8, 4) is 0 Å². The third kappa shape index (κ3) is 2.34. The molecule has 20 heavy (non-hydrogen) atoms. The normalized spacial score (nSPS) is 10.9. The van der Waals surface area contributed by atoms with Gasteiger partial charge in [0.15, 0.2) is 11.6 Å². The first-order chi connectivity index (χ1) is 9.63. The Morgan fingerprint density at radius 1 is 1.00 bits per heavy atom. The van der Waals surface area contributed by atoms with Gasteiger partial charge in [-0.1, -0.05) is 18.2 Å². The SMILES string of the molecule is Fc1cc(F)c(F)c(NCc2cc3ccccc3o2)c1. The van der Waals surface area contributed by atoms with Crippen LogP contribution in [-0.2, 0) is 6.54 Å². The van der Waals surface area contributed by atoms with Crippen molar-refractivity contribution in [2.45, 2.75) is 6.54 Å². The van der Waals surface area contributed by atoms with Gasteiger partial charge in [-0.2, -0.15) is 0 Å². The van der Waals surface area contributed by atoms with Gasteiger partial charge >= 0.3 is 0 Å². The molecule has 2 nitrogen and oxygen atoms in total. The molecule has 0 aliphatic rings. The Bertz CT molecular complexity index is 734. The van der Waals surface area contributed by atoms with Gasteiger partial charge in [-0.05, 0) is 12.1 Å². The van der Waals surface area contributed by atoms with E-state index < -0.39 is 17.5 Å². The van der Waals surface area contributed by atoms with Crippen molar-refractivity contribution >= 4 is 16.7 Å². The van der Waals surface area contributed by atoms with Crippen LogP contribution in [0.3, 0.4) is 0 Å². The summed E-state index contributed by atoms with van der Waals surface area (Å²) in [6, 6.07) is 10.6. The molecule has 0 aliphatic heterocycles. The first kappa shape index (κ1) is 12.6. The number of para-hydroxylation sites is 1. The lowest BCUT2D eigenvalue weighted by Gasteiger charge is -2.06. The molecule has 3 rings (SSSR count). The topological polar surface area (TPSA) is 25.2 Å². The summed E-state index contributed by atoms with van der Waals surface area (Å²) < 4.78 is 45.1. The summed E-state index contributed by atoms with van der Waals surface area (Å²) in [5.41, 5.74) is 0.471. The molecule has 2 aromatic carbocycles. The summed E-state index contributed by atoms with van der Waals surface area (Å²) in [5, 5.41) is 3.54. The zero-order valence-electron chi connectivity index (χ0n) is 10.3. The molecule has 0 unspecified atom stereocenters. The summed E-state index contributed by atoms with van der Waals surface area (Å²) in [6.45, 7) is 0.133. The van der Waals surface area contributed by atoms with Crippen LogP contribution in [0.25, 0.3) is 11.0 Å². The summed E-state index contributed by atoms with van der Waals surface area (Å²) in [7, 11) is 0. The molecule has 3 aromatic rings. The number of benzene rings is 2. The zero-order valence-corrected chi connectivity index (χ0v) is 10.3. The Morgan fingerprint density at radius 3 is 2.60 bits per heavy atom. The highest BCUT2D eigenvalue weighted by Crippen LogP contribution is 2.22. The van der Waals surface area contributed by atoms with Crippen LogP contribution in [0.15, 0.2) is 46.9 Å². The van der Waals surface area contributed by atoms with Crippen molar-refractivity contribution in [2.24, 2.45) is 0 Å². The van der Waals surface area contributed by atoms with Gasteiger partial charge in [-0.3, -0.25) is 0 Å². The fourth-order valence-electron chi connectivity index (χ4n) is 1.99. The maximum absolute atomic E-state index is 13.5. The van der Waals surface area contributed by atoms with Gasteiger partial charge in [-0.25, -0.2) is 13.2 Å². The molecule has 0 aliphatic carbocycles. The van der Waals surface area contributed by atoms with Crippen molar-refractivity contribution in [3.05, 3.63) is 65.7 Å².